The number of aromatic hydroxyl groups is 1. The number of nitrogens with one attached hydrogen (secondary N) is 2. The van der Waals surface area contributed by atoms with E-state index in [0.29, 0.717) is 11.3 Å². The summed E-state index contributed by atoms with van der Waals surface area (Å²) in [6, 6.07) is 14.4. The average molecular weight is 299 g/mol. The first-order valence-electron chi connectivity index (χ1n) is 6.67. The van der Waals surface area contributed by atoms with Crippen LogP contribution < -0.4 is 15.5 Å². The highest BCUT2D eigenvalue weighted by Crippen LogP contribution is 2.27. The van der Waals surface area contributed by atoms with E-state index in [9.17, 15) is 9.90 Å². The fourth-order valence-corrected chi connectivity index (χ4v) is 1.76. The second kappa shape index (κ2) is 7.68. The number of amides is 1. The molecule has 0 saturated heterocycles. The van der Waals surface area contributed by atoms with Gasteiger partial charge in [0.25, 0.3) is 5.91 Å². The van der Waals surface area contributed by atoms with E-state index in [1.54, 1.807) is 18.2 Å². The predicted molar refractivity (Wildman–Crippen MR) is 85.3 cm³/mol. The van der Waals surface area contributed by atoms with Crippen molar-refractivity contribution < 1.29 is 14.6 Å². The highest BCUT2D eigenvalue weighted by Gasteiger charge is 2.05. The number of carbonyl (C=O) groups is 1. The minimum absolute atomic E-state index is 0.0228. The number of benzene rings is 2. The first-order valence-corrected chi connectivity index (χ1v) is 6.67. The summed E-state index contributed by atoms with van der Waals surface area (Å²) in [6.45, 7) is 0.103. The third kappa shape index (κ3) is 4.24. The van der Waals surface area contributed by atoms with E-state index in [4.69, 9.17) is 4.74 Å². The lowest BCUT2D eigenvalue weighted by atomic mass is 10.2. The molecule has 0 aliphatic heterocycles. The molecular formula is C16H17N3O3. The number of para-hydroxylation sites is 2. The van der Waals surface area contributed by atoms with Gasteiger partial charge < -0.3 is 15.2 Å². The van der Waals surface area contributed by atoms with Crippen LogP contribution in [0.2, 0.25) is 0 Å². The number of phenols is 1. The molecule has 0 fully saturated rings. The third-order valence-corrected chi connectivity index (χ3v) is 2.87. The van der Waals surface area contributed by atoms with Crippen molar-refractivity contribution in [2.24, 2.45) is 5.10 Å². The van der Waals surface area contributed by atoms with E-state index < -0.39 is 0 Å². The Morgan fingerprint density at radius 3 is 2.73 bits per heavy atom. The number of ether oxygens (including phenoxy) is 1. The van der Waals surface area contributed by atoms with E-state index in [2.05, 4.69) is 15.8 Å². The van der Waals surface area contributed by atoms with E-state index in [1.807, 2.05) is 30.3 Å². The second-order valence-corrected chi connectivity index (χ2v) is 4.41. The fourth-order valence-electron chi connectivity index (χ4n) is 1.76. The molecule has 114 valence electrons. The second-order valence-electron chi connectivity index (χ2n) is 4.41. The Labute approximate surface area is 128 Å². The van der Waals surface area contributed by atoms with Crippen molar-refractivity contribution in [3.63, 3.8) is 0 Å². The summed E-state index contributed by atoms with van der Waals surface area (Å²) >= 11 is 0. The van der Waals surface area contributed by atoms with Gasteiger partial charge in [0.15, 0.2) is 11.5 Å². The third-order valence-electron chi connectivity index (χ3n) is 2.87. The first kappa shape index (κ1) is 15.4. The molecule has 6 nitrogen and oxygen atoms in total. The van der Waals surface area contributed by atoms with Gasteiger partial charge in [0, 0.05) is 11.3 Å². The maximum Gasteiger partial charge on any atom is 0.259 e. The number of carbonyl (C=O) groups excluding carboxylic acids is 1. The summed E-state index contributed by atoms with van der Waals surface area (Å²) < 4.78 is 4.99. The molecule has 0 spiro atoms. The van der Waals surface area contributed by atoms with Gasteiger partial charge in [-0.1, -0.05) is 24.3 Å². The summed E-state index contributed by atoms with van der Waals surface area (Å²) in [5, 5.41) is 16.6. The number of phenolic OH excluding ortho intramolecular Hbond substituents is 1. The van der Waals surface area contributed by atoms with Crippen molar-refractivity contribution in [1.29, 1.82) is 0 Å². The highest BCUT2D eigenvalue weighted by molar-refractivity contribution is 5.87. The zero-order chi connectivity index (χ0) is 15.8. The monoisotopic (exact) mass is 299 g/mol. The van der Waals surface area contributed by atoms with Gasteiger partial charge in [-0.05, 0) is 24.3 Å². The highest BCUT2D eigenvalue weighted by atomic mass is 16.5. The van der Waals surface area contributed by atoms with E-state index in [0.717, 1.165) is 5.69 Å². The van der Waals surface area contributed by atoms with Gasteiger partial charge in [-0.15, -0.1) is 0 Å². The lowest BCUT2D eigenvalue weighted by Gasteiger charge is -2.06. The van der Waals surface area contributed by atoms with Gasteiger partial charge in [0.05, 0.1) is 19.9 Å². The van der Waals surface area contributed by atoms with Crippen molar-refractivity contribution in [3.8, 4) is 11.5 Å². The molecule has 3 N–H and O–H groups in total. The smallest absolute Gasteiger partial charge is 0.259 e. The largest absolute Gasteiger partial charge is 0.504 e. The number of methoxy groups -OCH3 is 1. The standard InChI is InChI=1S/C16H17N3O3/c1-22-14-9-5-6-12(16(14)21)10-18-19-15(20)11-17-13-7-3-2-4-8-13/h2-10,17,21H,11H2,1H3,(H,19,20)/b18-10+. The minimum atomic E-state index is -0.289. The lowest BCUT2D eigenvalue weighted by molar-refractivity contribution is -0.119. The molecule has 0 saturated carbocycles. The van der Waals surface area contributed by atoms with Crippen LogP contribution in [0, 0.1) is 0 Å². The van der Waals surface area contributed by atoms with Crippen LogP contribution in [0.25, 0.3) is 0 Å². The summed E-state index contributed by atoms with van der Waals surface area (Å²) in [5.74, 6) is 0.0360. The predicted octanol–water partition coefficient (Wildman–Crippen LogP) is 1.96. The molecule has 0 heterocycles. The summed E-state index contributed by atoms with van der Waals surface area (Å²) in [4.78, 5) is 11.6. The Hall–Kier alpha value is -3.02. The van der Waals surface area contributed by atoms with E-state index >= 15 is 0 Å². The summed E-state index contributed by atoms with van der Waals surface area (Å²) in [5.41, 5.74) is 3.69. The van der Waals surface area contributed by atoms with Gasteiger partial charge in [-0.2, -0.15) is 5.10 Å². The fraction of sp³-hybridized carbons (Fsp3) is 0.125. The molecule has 0 aliphatic carbocycles. The number of anilines is 1. The molecule has 0 unspecified atom stereocenters. The van der Waals surface area contributed by atoms with E-state index in [-0.39, 0.29) is 18.2 Å². The zero-order valence-electron chi connectivity index (χ0n) is 12.1. The summed E-state index contributed by atoms with van der Waals surface area (Å²) in [6.07, 6.45) is 1.36. The van der Waals surface area contributed by atoms with Crippen molar-refractivity contribution >= 4 is 17.8 Å². The van der Waals surface area contributed by atoms with Crippen molar-refractivity contribution in [2.75, 3.05) is 19.0 Å². The average Bonchev–Trinajstić information content (AvgIpc) is 2.55. The molecule has 1 amide bonds. The minimum Gasteiger partial charge on any atom is -0.504 e. The summed E-state index contributed by atoms with van der Waals surface area (Å²) in [7, 11) is 1.47. The van der Waals surface area contributed by atoms with Crippen LogP contribution in [0.5, 0.6) is 11.5 Å². The topological polar surface area (TPSA) is 83.0 Å². The number of rotatable bonds is 6. The molecule has 2 aromatic rings. The van der Waals surface area contributed by atoms with Crippen molar-refractivity contribution in [2.45, 2.75) is 0 Å². The Kier molecular flexibility index (Phi) is 5.37. The molecule has 0 atom stereocenters. The molecule has 0 bridgehead atoms. The molecule has 22 heavy (non-hydrogen) atoms. The number of hydrazone groups is 1. The Balaban J connectivity index is 1.86. The molecule has 0 aromatic heterocycles. The van der Waals surface area contributed by atoms with Crippen LogP contribution in [-0.2, 0) is 4.79 Å². The molecule has 2 rings (SSSR count). The molecule has 0 aliphatic rings. The first-order chi connectivity index (χ1) is 10.7. The number of nitrogens with zero attached hydrogens (tertiary/aromatic N) is 1. The normalized spacial score (nSPS) is 10.4. The molecular weight excluding hydrogens is 282 g/mol. The van der Waals surface area contributed by atoms with Crippen LogP contribution in [-0.4, -0.2) is 30.9 Å². The van der Waals surface area contributed by atoms with Crippen LogP contribution in [0.4, 0.5) is 5.69 Å². The van der Waals surface area contributed by atoms with Crippen LogP contribution >= 0.6 is 0 Å². The quantitative estimate of drug-likeness (QED) is 0.562. The SMILES string of the molecule is COc1cccc(/C=N/NC(=O)CNc2ccccc2)c1O. The van der Waals surface area contributed by atoms with Gasteiger partial charge >= 0.3 is 0 Å². The Morgan fingerprint density at radius 1 is 1.23 bits per heavy atom. The van der Waals surface area contributed by atoms with Gasteiger partial charge in [-0.3, -0.25) is 4.79 Å². The number of hydrogen-bond donors (Lipinski definition) is 3. The van der Waals surface area contributed by atoms with Crippen LogP contribution in [0.1, 0.15) is 5.56 Å². The van der Waals surface area contributed by atoms with Crippen LogP contribution in [0.3, 0.4) is 0 Å². The molecule has 6 heteroatoms. The maximum atomic E-state index is 11.6. The lowest BCUT2D eigenvalue weighted by Crippen LogP contribution is -2.25. The molecule has 0 radical (unpaired) electrons. The Bertz CT molecular complexity index is 657. The van der Waals surface area contributed by atoms with E-state index in [1.165, 1.54) is 13.3 Å². The number of hydrogen-bond acceptors (Lipinski definition) is 5. The molecule has 2 aromatic carbocycles. The maximum absolute atomic E-state index is 11.6. The van der Waals surface area contributed by atoms with Gasteiger partial charge in [0.2, 0.25) is 0 Å². The van der Waals surface area contributed by atoms with Crippen molar-refractivity contribution in [3.05, 3.63) is 54.1 Å². The van der Waals surface area contributed by atoms with Gasteiger partial charge in [-0.25, -0.2) is 5.43 Å². The zero-order valence-corrected chi connectivity index (χ0v) is 12.1. The van der Waals surface area contributed by atoms with Gasteiger partial charge in [0.1, 0.15) is 0 Å². The Morgan fingerprint density at radius 2 is 2.00 bits per heavy atom. The van der Waals surface area contributed by atoms with Crippen LogP contribution in [0.15, 0.2) is 53.6 Å². The van der Waals surface area contributed by atoms with Crippen molar-refractivity contribution in [1.82, 2.24) is 5.43 Å².